The minimum Gasteiger partial charge on any atom is -0.193 e. The van der Waals surface area contributed by atoms with Gasteiger partial charge in [0.25, 0.3) is 0 Å². The van der Waals surface area contributed by atoms with E-state index < -0.39 is 0 Å². The van der Waals surface area contributed by atoms with Crippen molar-refractivity contribution in [3.05, 3.63) is 44.7 Å². The van der Waals surface area contributed by atoms with Crippen molar-refractivity contribution in [2.45, 2.75) is 26.0 Å². The van der Waals surface area contributed by atoms with Crippen LogP contribution in [0.3, 0.4) is 0 Å². The van der Waals surface area contributed by atoms with E-state index in [0.29, 0.717) is 5.25 Å². The number of hydrogen-bond acceptors (Lipinski definition) is 3. The normalized spacial score (nSPS) is 22.4. The Morgan fingerprint density at radius 3 is 2.82 bits per heavy atom. The fourth-order valence-electron chi connectivity index (χ4n) is 1.93. The van der Waals surface area contributed by atoms with Crippen molar-refractivity contribution in [2.24, 2.45) is 0 Å². The maximum Gasteiger partial charge on any atom is 0.0961 e. The van der Waals surface area contributed by atoms with Gasteiger partial charge in [0.1, 0.15) is 0 Å². The van der Waals surface area contributed by atoms with Crippen molar-refractivity contribution in [2.75, 3.05) is 5.75 Å². The first-order valence-corrected chi connectivity index (χ1v) is 7.46. The molecule has 3 heteroatoms. The molecule has 0 amide bonds. The number of thioether (sulfide) groups is 2. The Morgan fingerprint density at radius 1 is 1.41 bits per heavy atom. The topological polar surface area (TPSA) is 23.8 Å². The van der Waals surface area contributed by atoms with Gasteiger partial charge in [0.05, 0.1) is 10.3 Å². The highest BCUT2D eigenvalue weighted by Gasteiger charge is 2.25. The number of benzene rings is 1. The number of rotatable bonds is 1. The van der Waals surface area contributed by atoms with Gasteiger partial charge in [-0.3, -0.25) is 0 Å². The third-order valence-corrected chi connectivity index (χ3v) is 6.01. The van der Waals surface area contributed by atoms with Crippen LogP contribution >= 0.6 is 23.5 Å². The Labute approximate surface area is 111 Å². The molecule has 1 nitrogen and oxygen atoms in total. The second kappa shape index (κ2) is 5.20. The van der Waals surface area contributed by atoms with Crippen LogP contribution in [0.4, 0.5) is 0 Å². The predicted molar refractivity (Wildman–Crippen MR) is 77.0 cm³/mol. The number of allylic oxidation sites excluding steroid dienone is 1. The van der Waals surface area contributed by atoms with Gasteiger partial charge in [-0.05, 0) is 31.9 Å². The first kappa shape index (κ1) is 12.6. The van der Waals surface area contributed by atoms with Gasteiger partial charge in [0.2, 0.25) is 0 Å². The number of nitrogens with zero attached hydrogens (tertiary/aromatic N) is 1. The lowest BCUT2D eigenvalue weighted by molar-refractivity contribution is 1.10. The second-order valence-corrected chi connectivity index (χ2v) is 6.80. The van der Waals surface area contributed by atoms with Gasteiger partial charge in [-0.2, -0.15) is 5.26 Å². The molecule has 0 spiro atoms. The molecule has 1 aromatic rings. The van der Waals surface area contributed by atoms with E-state index in [2.05, 4.69) is 38.1 Å². The summed E-state index contributed by atoms with van der Waals surface area (Å²) in [5.74, 6) is 1.07. The van der Waals surface area contributed by atoms with Gasteiger partial charge >= 0.3 is 0 Å². The molecule has 1 heterocycles. The maximum atomic E-state index is 8.91. The molecular formula is C14H15NS2. The molecule has 0 aromatic heterocycles. The zero-order valence-corrected chi connectivity index (χ0v) is 11.9. The Morgan fingerprint density at radius 2 is 2.18 bits per heavy atom. The molecular weight excluding hydrogens is 246 g/mol. The average Bonchev–Trinajstić information content (AvgIpc) is 2.77. The standard InChI is InChI=1S/C14H15NS2/c1-9-4-5-12(10(2)6-9)13-8-16-14(17-13)11(3)7-15/h4-6,13H,8H2,1-3H3/b14-11-/t13-/m0/s1. The molecule has 0 bridgehead atoms. The molecule has 0 saturated carbocycles. The smallest absolute Gasteiger partial charge is 0.0961 e. The third-order valence-electron chi connectivity index (χ3n) is 2.86. The summed E-state index contributed by atoms with van der Waals surface area (Å²) in [5, 5.41) is 9.41. The minimum absolute atomic E-state index is 0.499. The lowest BCUT2D eigenvalue weighted by atomic mass is 10.0. The van der Waals surface area contributed by atoms with E-state index in [-0.39, 0.29) is 0 Å². The zero-order valence-electron chi connectivity index (χ0n) is 10.3. The molecule has 0 unspecified atom stereocenters. The van der Waals surface area contributed by atoms with Gasteiger partial charge in [-0.15, -0.1) is 23.5 Å². The van der Waals surface area contributed by atoms with Crippen LogP contribution in [0.5, 0.6) is 0 Å². The largest absolute Gasteiger partial charge is 0.193 e. The SMILES string of the molecule is C/C(C#N)=C1\SC[C@@H](c2ccc(C)cc2C)S1. The molecule has 0 radical (unpaired) electrons. The molecule has 1 fully saturated rings. The molecule has 2 rings (SSSR count). The van der Waals surface area contributed by atoms with Crippen LogP contribution in [-0.4, -0.2) is 5.75 Å². The Hall–Kier alpha value is -0.850. The first-order valence-electron chi connectivity index (χ1n) is 5.59. The van der Waals surface area contributed by atoms with Crippen LogP contribution in [0.2, 0.25) is 0 Å². The molecule has 1 aliphatic rings. The van der Waals surface area contributed by atoms with Crippen molar-refractivity contribution in [1.29, 1.82) is 5.26 Å². The third kappa shape index (κ3) is 2.70. The van der Waals surface area contributed by atoms with Crippen molar-refractivity contribution < 1.29 is 0 Å². The summed E-state index contributed by atoms with van der Waals surface area (Å²) in [6.07, 6.45) is 0. The molecule has 1 aliphatic heterocycles. The second-order valence-electron chi connectivity index (χ2n) is 4.30. The molecule has 17 heavy (non-hydrogen) atoms. The summed E-state index contributed by atoms with van der Waals surface area (Å²) >= 11 is 3.65. The van der Waals surface area contributed by atoms with Gasteiger partial charge in [0.15, 0.2) is 0 Å². The molecule has 0 N–H and O–H groups in total. The summed E-state index contributed by atoms with van der Waals surface area (Å²) in [4.78, 5) is 0. The van der Waals surface area contributed by atoms with E-state index in [1.54, 1.807) is 0 Å². The highest BCUT2D eigenvalue weighted by molar-refractivity contribution is 8.25. The quantitative estimate of drug-likeness (QED) is 0.691. The van der Waals surface area contributed by atoms with Crippen LogP contribution in [0.1, 0.15) is 28.9 Å². The first-order chi connectivity index (χ1) is 8.11. The summed E-state index contributed by atoms with van der Waals surface area (Å²) in [7, 11) is 0. The number of hydrogen-bond donors (Lipinski definition) is 0. The Balaban J connectivity index is 2.25. The molecule has 88 valence electrons. The average molecular weight is 261 g/mol. The van der Waals surface area contributed by atoms with Crippen molar-refractivity contribution in [1.82, 2.24) is 0 Å². The van der Waals surface area contributed by atoms with Gasteiger partial charge in [0, 0.05) is 16.6 Å². The van der Waals surface area contributed by atoms with Crippen molar-refractivity contribution in [3.63, 3.8) is 0 Å². The van der Waals surface area contributed by atoms with E-state index in [4.69, 9.17) is 5.26 Å². The van der Waals surface area contributed by atoms with Gasteiger partial charge in [-0.1, -0.05) is 23.8 Å². The molecule has 1 atom stereocenters. The van der Waals surface area contributed by atoms with E-state index in [9.17, 15) is 0 Å². The van der Waals surface area contributed by atoms with Crippen molar-refractivity contribution >= 4 is 23.5 Å². The summed E-state index contributed by atoms with van der Waals surface area (Å²) in [6, 6.07) is 8.88. The fraction of sp³-hybridized carbons (Fsp3) is 0.357. The van der Waals surface area contributed by atoms with E-state index in [1.165, 1.54) is 20.9 Å². The molecule has 1 saturated heterocycles. The summed E-state index contributed by atoms with van der Waals surface area (Å²) in [6.45, 7) is 6.20. The fourth-order valence-corrected chi connectivity index (χ4v) is 4.85. The molecule has 1 aromatic carbocycles. The monoisotopic (exact) mass is 261 g/mol. The Kier molecular flexibility index (Phi) is 3.86. The van der Waals surface area contributed by atoms with Gasteiger partial charge < -0.3 is 0 Å². The van der Waals surface area contributed by atoms with Crippen LogP contribution < -0.4 is 0 Å². The number of nitriles is 1. The van der Waals surface area contributed by atoms with Crippen LogP contribution in [0.15, 0.2) is 28.0 Å². The minimum atomic E-state index is 0.499. The van der Waals surface area contributed by atoms with E-state index >= 15 is 0 Å². The highest BCUT2D eigenvalue weighted by atomic mass is 32.2. The van der Waals surface area contributed by atoms with Crippen LogP contribution in [0, 0.1) is 25.2 Å². The lowest BCUT2D eigenvalue weighted by Gasteiger charge is -2.12. The van der Waals surface area contributed by atoms with Crippen molar-refractivity contribution in [3.8, 4) is 6.07 Å². The van der Waals surface area contributed by atoms with Crippen LogP contribution in [-0.2, 0) is 0 Å². The lowest BCUT2D eigenvalue weighted by Crippen LogP contribution is -1.95. The summed E-state index contributed by atoms with van der Waals surface area (Å²) < 4.78 is 1.19. The van der Waals surface area contributed by atoms with Gasteiger partial charge in [-0.25, -0.2) is 0 Å². The van der Waals surface area contributed by atoms with E-state index in [1.807, 2.05) is 30.4 Å². The molecule has 0 aliphatic carbocycles. The van der Waals surface area contributed by atoms with Crippen LogP contribution in [0.25, 0.3) is 0 Å². The highest BCUT2D eigenvalue weighted by Crippen LogP contribution is 2.51. The summed E-state index contributed by atoms with van der Waals surface area (Å²) in [5.41, 5.74) is 4.94. The zero-order chi connectivity index (χ0) is 12.4. The van der Waals surface area contributed by atoms with E-state index in [0.717, 1.165) is 11.3 Å². The number of aryl methyl sites for hydroxylation is 2. The predicted octanol–water partition coefficient (Wildman–Crippen LogP) is 4.58. The maximum absolute atomic E-state index is 8.91. The Bertz CT molecular complexity index is 511.